The summed E-state index contributed by atoms with van der Waals surface area (Å²) in [4.78, 5) is 12.5. The van der Waals surface area contributed by atoms with E-state index in [2.05, 4.69) is 20.7 Å². The number of nitrogens with zero attached hydrogens (tertiary/aromatic N) is 4. The number of amides is 1. The fourth-order valence-electron chi connectivity index (χ4n) is 3.15. The number of nitrogens with one attached hydrogen (secondary N) is 1. The molecule has 0 radical (unpaired) electrons. The van der Waals surface area contributed by atoms with Gasteiger partial charge in [0.15, 0.2) is 11.0 Å². The maximum Gasteiger partial charge on any atom is 0.250 e. The first-order valence-electron chi connectivity index (χ1n) is 10.3. The van der Waals surface area contributed by atoms with E-state index in [1.165, 1.54) is 11.8 Å². The van der Waals surface area contributed by atoms with Gasteiger partial charge in [-0.2, -0.15) is 5.10 Å². The van der Waals surface area contributed by atoms with Crippen molar-refractivity contribution in [2.24, 2.45) is 5.10 Å². The fraction of sp³-hybridized carbons (Fsp3) is 0.120. The lowest BCUT2D eigenvalue weighted by Gasteiger charge is -2.10. The van der Waals surface area contributed by atoms with Gasteiger partial charge in [0.05, 0.1) is 18.6 Å². The summed E-state index contributed by atoms with van der Waals surface area (Å²) in [5.74, 6) is 1.42. The number of hydrazone groups is 1. The topological polar surface area (TPSA) is 81.4 Å². The standard InChI is InChI=1S/C25H23N5O2S/c1-18(19-13-15-22(32-2)16-14-19)26-27-23(31)17-33-25-29-28-24(20-9-5-3-6-10-20)30(25)21-11-7-4-8-12-21/h3-16H,17H2,1-2H3,(H,27,31)/b26-18+. The third-order valence-electron chi connectivity index (χ3n) is 4.87. The molecule has 0 unspecified atom stereocenters. The van der Waals surface area contributed by atoms with Crippen LogP contribution in [0.25, 0.3) is 17.1 Å². The molecule has 0 saturated heterocycles. The summed E-state index contributed by atoms with van der Waals surface area (Å²) in [6.07, 6.45) is 0. The van der Waals surface area contributed by atoms with E-state index >= 15 is 0 Å². The molecule has 0 aliphatic carbocycles. The Kier molecular flexibility index (Phi) is 7.16. The zero-order valence-electron chi connectivity index (χ0n) is 18.3. The van der Waals surface area contributed by atoms with Gasteiger partial charge >= 0.3 is 0 Å². The molecule has 0 spiro atoms. The number of carbonyl (C=O) groups excluding carboxylic acids is 1. The number of aromatic nitrogens is 3. The molecule has 4 aromatic rings. The molecule has 1 heterocycles. The molecule has 33 heavy (non-hydrogen) atoms. The van der Waals surface area contributed by atoms with Crippen molar-refractivity contribution in [3.63, 3.8) is 0 Å². The van der Waals surface area contributed by atoms with Gasteiger partial charge in [0.25, 0.3) is 5.91 Å². The van der Waals surface area contributed by atoms with E-state index in [0.29, 0.717) is 10.9 Å². The maximum atomic E-state index is 12.5. The van der Waals surface area contributed by atoms with E-state index in [-0.39, 0.29) is 11.7 Å². The van der Waals surface area contributed by atoms with Crippen LogP contribution in [0.15, 0.2) is 95.2 Å². The van der Waals surface area contributed by atoms with Crippen LogP contribution >= 0.6 is 11.8 Å². The van der Waals surface area contributed by atoms with Gasteiger partial charge in [-0.05, 0) is 48.9 Å². The Balaban J connectivity index is 1.48. The highest BCUT2D eigenvalue weighted by molar-refractivity contribution is 7.99. The molecule has 0 fully saturated rings. The predicted octanol–water partition coefficient (Wildman–Crippen LogP) is 4.58. The average molecular weight is 458 g/mol. The number of methoxy groups -OCH3 is 1. The number of para-hydroxylation sites is 1. The lowest BCUT2D eigenvalue weighted by molar-refractivity contribution is -0.118. The molecular weight excluding hydrogens is 434 g/mol. The van der Waals surface area contributed by atoms with Gasteiger partial charge in [0.1, 0.15) is 5.75 Å². The van der Waals surface area contributed by atoms with Crippen LogP contribution in [0.4, 0.5) is 0 Å². The van der Waals surface area contributed by atoms with Gasteiger partial charge in [0, 0.05) is 11.3 Å². The fourth-order valence-corrected chi connectivity index (χ4v) is 3.90. The van der Waals surface area contributed by atoms with Gasteiger partial charge in [-0.1, -0.05) is 60.3 Å². The molecule has 7 nitrogen and oxygen atoms in total. The van der Waals surface area contributed by atoms with E-state index in [1.54, 1.807) is 7.11 Å². The molecule has 0 saturated carbocycles. The van der Waals surface area contributed by atoms with Crippen molar-refractivity contribution >= 4 is 23.4 Å². The summed E-state index contributed by atoms with van der Waals surface area (Å²) in [6.45, 7) is 1.84. The van der Waals surface area contributed by atoms with Gasteiger partial charge in [0.2, 0.25) is 0 Å². The minimum atomic E-state index is -0.225. The van der Waals surface area contributed by atoms with Crippen molar-refractivity contribution in [3.05, 3.63) is 90.5 Å². The van der Waals surface area contributed by atoms with E-state index in [1.807, 2.05) is 96.4 Å². The average Bonchev–Trinajstić information content (AvgIpc) is 3.31. The van der Waals surface area contributed by atoms with Crippen LogP contribution in [-0.4, -0.2) is 39.2 Å². The predicted molar refractivity (Wildman–Crippen MR) is 131 cm³/mol. The molecule has 1 N–H and O–H groups in total. The van der Waals surface area contributed by atoms with Crippen molar-refractivity contribution in [1.29, 1.82) is 0 Å². The molecule has 1 aromatic heterocycles. The van der Waals surface area contributed by atoms with E-state index < -0.39 is 0 Å². The zero-order valence-corrected chi connectivity index (χ0v) is 19.1. The number of carbonyl (C=O) groups is 1. The lowest BCUT2D eigenvalue weighted by atomic mass is 10.1. The number of hydrogen-bond donors (Lipinski definition) is 1. The Morgan fingerprint density at radius 1 is 0.970 bits per heavy atom. The molecule has 0 atom stereocenters. The van der Waals surface area contributed by atoms with Crippen molar-refractivity contribution in [1.82, 2.24) is 20.2 Å². The van der Waals surface area contributed by atoms with Gasteiger partial charge in [-0.25, -0.2) is 5.43 Å². The second kappa shape index (κ2) is 10.6. The Bertz CT molecular complexity index is 1240. The Morgan fingerprint density at radius 3 is 2.30 bits per heavy atom. The van der Waals surface area contributed by atoms with Crippen LogP contribution in [0.5, 0.6) is 5.75 Å². The molecule has 0 aliphatic heterocycles. The first-order valence-corrected chi connectivity index (χ1v) is 11.3. The van der Waals surface area contributed by atoms with Crippen LogP contribution in [0.3, 0.4) is 0 Å². The van der Waals surface area contributed by atoms with E-state index in [4.69, 9.17) is 4.74 Å². The van der Waals surface area contributed by atoms with Crippen molar-refractivity contribution < 1.29 is 9.53 Å². The molecule has 8 heteroatoms. The van der Waals surface area contributed by atoms with Gasteiger partial charge < -0.3 is 4.74 Å². The third kappa shape index (κ3) is 5.48. The van der Waals surface area contributed by atoms with Crippen LogP contribution in [0, 0.1) is 0 Å². The van der Waals surface area contributed by atoms with E-state index in [0.717, 1.165) is 28.4 Å². The van der Waals surface area contributed by atoms with Gasteiger partial charge in [-0.15, -0.1) is 10.2 Å². The Hall–Kier alpha value is -3.91. The van der Waals surface area contributed by atoms with E-state index in [9.17, 15) is 4.79 Å². The SMILES string of the molecule is COc1ccc(/C(C)=N/NC(=O)CSc2nnc(-c3ccccc3)n2-c2ccccc2)cc1. The first-order chi connectivity index (χ1) is 16.2. The van der Waals surface area contributed by atoms with Gasteiger partial charge in [-0.3, -0.25) is 9.36 Å². The highest BCUT2D eigenvalue weighted by atomic mass is 32.2. The molecular formula is C25H23N5O2S. The Morgan fingerprint density at radius 2 is 1.64 bits per heavy atom. The summed E-state index contributed by atoms with van der Waals surface area (Å²) in [5.41, 5.74) is 6.10. The summed E-state index contributed by atoms with van der Waals surface area (Å²) >= 11 is 1.31. The quantitative estimate of drug-likeness (QED) is 0.238. The Labute approximate surface area is 196 Å². The maximum absolute atomic E-state index is 12.5. The summed E-state index contributed by atoms with van der Waals surface area (Å²) in [6, 6.07) is 27.2. The number of rotatable bonds is 8. The molecule has 4 rings (SSSR count). The first kappa shape index (κ1) is 22.3. The minimum absolute atomic E-state index is 0.152. The van der Waals surface area contributed by atoms with Crippen LogP contribution in [-0.2, 0) is 4.79 Å². The second-order valence-corrected chi connectivity index (χ2v) is 8.04. The van der Waals surface area contributed by atoms with Crippen LogP contribution in [0.2, 0.25) is 0 Å². The highest BCUT2D eigenvalue weighted by Gasteiger charge is 2.17. The van der Waals surface area contributed by atoms with Crippen molar-refractivity contribution in [2.45, 2.75) is 12.1 Å². The lowest BCUT2D eigenvalue weighted by Crippen LogP contribution is -2.21. The largest absolute Gasteiger partial charge is 0.497 e. The number of thioether (sulfide) groups is 1. The summed E-state index contributed by atoms with van der Waals surface area (Å²) in [5, 5.41) is 13.6. The molecule has 1 amide bonds. The summed E-state index contributed by atoms with van der Waals surface area (Å²) < 4.78 is 7.12. The minimum Gasteiger partial charge on any atom is -0.497 e. The molecule has 3 aromatic carbocycles. The summed E-state index contributed by atoms with van der Waals surface area (Å²) in [7, 11) is 1.62. The smallest absolute Gasteiger partial charge is 0.250 e. The molecule has 0 bridgehead atoms. The normalized spacial score (nSPS) is 11.3. The number of ether oxygens (including phenoxy) is 1. The highest BCUT2D eigenvalue weighted by Crippen LogP contribution is 2.27. The van der Waals surface area contributed by atoms with Crippen LogP contribution in [0.1, 0.15) is 12.5 Å². The second-order valence-electron chi connectivity index (χ2n) is 7.09. The molecule has 166 valence electrons. The van der Waals surface area contributed by atoms with Crippen molar-refractivity contribution in [3.8, 4) is 22.8 Å². The van der Waals surface area contributed by atoms with Crippen molar-refractivity contribution in [2.75, 3.05) is 12.9 Å². The zero-order chi connectivity index (χ0) is 23.0. The third-order valence-corrected chi connectivity index (χ3v) is 5.80. The number of benzene rings is 3. The van der Waals surface area contributed by atoms with Crippen LogP contribution < -0.4 is 10.2 Å². The monoisotopic (exact) mass is 457 g/mol. The number of hydrogen-bond acceptors (Lipinski definition) is 6. The molecule has 0 aliphatic rings.